The van der Waals surface area contributed by atoms with E-state index in [-0.39, 0.29) is 13.2 Å². The van der Waals surface area contributed by atoms with E-state index in [1.54, 1.807) is 0 Å². The first-order chi connectivity index (χ1) is 9.52. The Balaban J connectivity index is 3.89. The molecule has 0 radical (unpaired) electrons. The van der Waals surface area contributed by atoms with Crippen LogP contribution in [0, 0.1) is 0 Å². The van der Waals surface area contributed by atoms with E-state index in [1.807, 2.05) is 0 Å². The Kier molecular flexibility index (Phi) is 11.0. The zero-order valence-electron chi connectivity index (χ0n) is 12.6. The molecule has 6 heteroatoms. The lowest BCUT2D eigenvalue weighted by atomic mass is 10.1. The summed E-state index contributed by atoms with van der Waals surface area (Å²) in [5.41, 5.74) is 0. The molecule has 0 aromatic carbocycles. The molecule has 0 heterocycles. The molecule has 118 valence electrons. The Morgan fingerprint density at radius 1 is 1.10 bits per heavy atom. The summed E-state index contributed by atoms with van der Waals surface area (Å²) in [6.07, 6.45) is 2.04. The normalized spacial score (nSPS) is 13.6. The van der Waals surface area contributed by atoms with E-state index in [0.29, 0.717) is 6.42 Å². The van der Waals surface area contributed by atoms with Crippen LogP contribution in [0.2, 0.25) is 0 Å². The monoisotopic (exact) mass is 290 g/mol. The lowest BCUT2D eigenvalue weighted by molar-refractivity contribution is -0.172. The highest BCUT2D eigenvalue weighted by atomic mass is 16.6. The summed E-state index contributed by atoms with van der Waals surface area (Å²) < 4.78 is 14.4. The maximum atomic E-state index is 11.5. The van der Waals surface area contributed by atoms with Gasteiger partial charge in [0.05, 0.1) is 6.61 Å². The summed E-state index contributed by atoms with van der Waals surface area (Å²) in [4.78, 5) is 23.0. The Hall–Kier alpha value is -1.14. The molecule has 2 atom stereocenters. The minimum absolute atomic E-state index is 0.108. The molecule has 0 aromatic heterocycles. The fourth-order valence-electron chi connectivity index (χ4n) is 1.53. The van der Waals surface area contributed by atoms with Crippen LogP contribution in [0.3, 0.4) is 0 Å². The average molecular weight is 290 g/mol. The first-order valence-electron chi connectivity index (χ1n) is 7.07. The molecule has 2 unspecified atom stereocenters. The highest BCUT2D eigenvalue weighted by molar-refractivity contribution is 5.80. The number of aliphatic hydroxyl groups is 1. The van der Waals surface area contributed by atoms with Crippen molar-refractivity contribution in [3.8, 4) is 0 Å². The van der Waals surface area contributed by atoms with Crippen LogP contribution in [0.25, 0.3) is 0 Å². The Morgan fingerprint density at radius 2 is 1.80 bits per heavy atom. The van der Waals surface area contributed by atoms with E-state index in [0.717, 1.165) is 25.7 Å². The van der Waals surface area contributed by atoms with Gasteiger partial charge in [0.15, 0.2) is 12.2 Å². The minimum Gasteiger partial charge on any atom is -0.461 e. The third-order valence-corrected chi connectivity index (χ3v) is 2.76. The van der Waals surface area contributed by atoms with Gasteiger partial charge >= 0.3 is 11.9 Å². The number of ether oxygens (including phenoxy) is 3. The molecule has 0 amide bonds. The molecule has 0 saturated carbocycles. The molecule has 0 aromatic rings. The summed E-state index contributed by atoms with van der Waals surface area (Å²) >= 11 is 0. The van der Waals surface area contributed by atoms with Crippen LogP contribution >= 0.6 is 0 Å². The molecular formula is C14H26O6. The third kappa shape index (κ3) is 8.87. The van der Waals surface area contributed by atoms with Crippen LogP contribution in [0.5, 0.6) is 0 Å². The number of rotatable bonds is 11. The number of hydrogen-bond donors (Lipinski definition) is 1. The number of methoxy groups -OCH3 is 1. The van der Waals surface area contributed by atoms with Gasteiger partial charge in [-0.3, -0.25) is 0 Å². The summed E-state index contributed by atoms with van der Waals surface area (Å²) in [6, 6.07) is 0. The van der Waals surface area contributed by atoms with Crippen LogP contribution in [0.15, 0.2) is 0 Å². The molecule has 1 N–H and O–H groups in total. The molecule has 0 fully saturated rings. The standard InChI is InChI=1S/C14H26O6/c1-4-5-6-7-8-12(15)14(17)20-11(2)13(16)19-10-9-18-3/h11-12,15H,4-10H2,1-3H3. The molecule has 0 rings (SSSR count). The van der Waals surface area contributed by atoms with Crippen LogP contribution in [-0.4, -0.2) is 49.6 Å². The van der Waals surface area contributed by atoms with Crippen molar-refractivity contribution < 1.29 is 28.9 Å². The summed E-state index contributed by atoms with van der Waals surface area (Å²) in [6.45, 7) is 3.89. The van der Waals surface area contributed by atoms with Crippen LogP contribution in [0.4, 0.5) is 0 Å². The second kappa shape index (κ2) is 11.7. The molecule has 20 heavy (non-hydrogen) atoms. The van der Waals surface area contributed by atoms with E-state index in [1.165, 1.54) is 14.0 Å². The zero-order valence-corrected chi connectivity index (χ0v) is 12.6. The zero-order chi connectivity index (χ0) is 15.4. The summed E-state index contributed by atoms with van der Waals surface area (Å²) in [7, 11) is 1.49. The minimum atomic E-state index is -1.18. The van der Waals surface area contributed by atoms with Gasteiger partial charge in [0.25, 0.3) is 0 Å². The average Bonchev–Trinajstić information content (AvgIpc) is 2.43. The quantitative estimate of drug-likeness (QED) is 0.458. The third-order valence-electron chi connectivity index (χ3n) is 2.76. The molecule has 0 spiro atoms. The number of carbonyl (C=O) groups is 2. The van der Waals surface area contributed by atoms with E-state index >= 15 is 0 Å². The van der Waals surface area contributed by atoms with Crippen molar-refractivity contribution in [3.63, 3.8) is 0 Å². The van der Waals surface area contributed by atoms with Crippen molar-refractivity contribution >= 4 is 11.9 Å². The molecular weight excluding hydrogens is 264 g/mol. The van der Waals surface area contributed by atoms with Crippen molar-refractivity contribution in [2.75, 3.05) is 20.3 Å². The van der Waals surface area contributed by atoms with E-state index < -0.39 is 24.1 Å². The molecule has 0 aliphatic rings. The predicted molar refractivity (Wildman–Crippen MR) is 73.2 cm³/mol. The summed E-state index contributed by atoms with van der Waals surface area (Å²) in [5.74, 6) is -1.42. The lowest BCUT2D eigenvalue weighted by Gasteiger charge is -2.15. The topological polar surface area (TPSA) is 82.1 Å². The smallest absolute Gasteiger partial charge is 0.347 e. The van der Waals surface area contributed by atoms with Gasteiger partial charge in [-0.1, -0.05) is 32.6 Å². The van der Waals surface area contributed by atoms with Gasteiger partial charge in [0, 0.05) is 7.11 Å². The number of carbonyl (C=O) groups excluding carboxylic acids is 2. The maximum Gasteiger partial charge on any atom is 0.347 e. The second-order valence-corrected chi connectivity index (χ2v) is 4.60. The fraction of sp³-hybridized carbons (Fsp3) is 0.857. The largest absolute Gasteiger partial charge is 0.461 e. The van der Waals surface area contributed by atoms with Crippen molar-refractivity contribution in [2.45, 2.75) is 58.2 Å². The Labute approximate surface area is 120 Å². The van der Waals surface area contributed by atoms with Crippen LogP contribution < -0.4 is 0 Å². The van der Waals surface area contributed by atoms with Gasteiger partial charge in [0.1, 0.15) is 6.61 Å². The van der Waals surface area contributed by atoms with Gasteiger partial charge < -0.3 is 19.3 Å². The second-order valence-electron chi connectivity index (χ2n) is 4.60. The van der Waals surface area contributed by atoms with Crippen molar-refractivity contribution in [1.29, 1.82) is 0 Å². The van der Waals surface area contributed by atoms with Gasteiger partial charge in [-0.25, -0.2) is 9.59 Å². The number of esters is 2. The van der Waals surface area contributed by atoms with Crippen molar-refractivity contribution in [2.24, 2.45) is 0 Å². The van der Waals surface area contributed by atoms with Crippen LogP contribution in [-0.2, 0) is 23.8 Å². The maximum absolute atomic E-state index is 11.5. The molecule has 0 aliphatic carbocycles. The molecule has 0 saturated heterocycles. The first-order valence-corrected chi connectivity index (χ1v) is 7.07. The fourth-order valence-corrected chi connectivity index (χ4v) is 1.53. The summed E-state index contributed by atoms with van der Waals surface area (Å²) in [5, 5.41) is 9.62. The SMILES string of the molecule is CCCCCCC(O)C(=O)OC(C)C(=O)OCCOC. The lowest BCUT2D eigenvalue weighted by Crippen LogP contribution is -2.32. The molecule has 6 nitrogen and oxygen atoms in total. The molecule has 0 aliphatic heterocycles. The van der Waals surface area contributed by atoms with E-state index in [4.69, 9.17) is 14.2 Å². The molecule has 0 bridgehead atoms. The van der Waals surface area contributed by atoms with Crippen molar-refractivity contribution in [1.82, 2.24) is 0 Å². The number of aliphatic hydroxyl groups excluding tert-OH is 1. The van der Waals surface area contributed by atoms with Gasteiger partial charge in [-0.2, -0.15) is 0 Å². The number of hydrogen-bond acceptors (Lipinski definition) is 6. The Bertz CT molecular complexity index is 279. The first kappa shape index (κ1) is 18.9. The predicted octanol–water partition coefficient (Wildman–Crippen LogP) is 1.44. The highest BCUT2D eigenvalue weighted by Crippen LogP contribution is 2.08. The van der Waals surface area contributed by atoms with Crippen molar-refractivity contribution in [3.05, 3.63) is 0 Å². The van der Waals surface area contributed by atoms with Gasteiger partial charge in [-0.05, 0) is 13.3 Å². The van der Waals surface area contributed by atoms with Gasteiger partial charge in [0.2, 0.25) is 0 Å². The highest BCUT2D eigenvalue weighted by Gasteiger charge is 2.23. The van der Waals surface area contributed by atoms with E-state index in [2.05, 4.69) is 6.92 Å². The number of unbranched alkanes of at least 4 members (excludes halogenated alkanes) is 3. The van der Waals surface area contributed by atoms with Crippen LogP contribution in [0.1, 0.15) is 46.0 Å². The van der Waals surface area contributed by atoms with Gasteiger partial charge in [-0.15, -0.1) is 0 Å². The Morgan fingerprint density at radius 3 is 2.40 bits per heavy atom. The van der Waals surface area contributed by atoms with E-state index in [9.17, 15) is 14.7 Å².